The highest BCUT2D eigenvalue weighted by atomic mass is 32.1. The summed E-state index contributed by atoms with van der Waals surface area (Å²) in [6.07, 6.45) is -0.618. The first-order valence-electron chi connectivity index (χ1n) is 5.01. The zero-order chi connectivity index (χ0) is 11.0. The van der Waals surface area contributed by atoms with Crippen molar-refractivity contribution >= 4 is 22.2 Å². The molecule has 3 nitrogen and oxygen atoms in total. The number of aliphatic hydroxyl groups is 1. The molecule has 1 unspecified atom stereocenters. The Kier molecular flexibility index (Phi) is 2.23. The summed E-state index contributed by atoms with van der Waals surface area (Å²) in [4.78, 5) is 0.925. The number of H-pyrrole nitrogens is 1. The van der Waals surface area contributed by atoms with E-state index in [0.29, 0.717) is 0 Å². The summed E-state index contributed by atoms with van der Waals surface area (Å²) in [6.45, 7) is 0. The average molecular weight is 230 g/mol. The molecule has 0 saturated carbocycles. The highest BCUT2D eigenvalue weighted by molar-refractivity contribution is 7.10. The lowest BCUT2D eigenvalue weighted by Gasteiger charge is -2.05. The number of thiophene rings is 1. The molecule has 2 heterocycles. The summed E-state index contributed by atoms with van der Waals surface area (Å²) in [5, 5.41) is 20.2. The third kappa shape index (κ3) is 1.43. The van der Waals surface area contributed by atoms with E-state index in [1.807, 2.05) is 41.8 Å². The van der Waals surface area contributed by atoms with E-state index in [0.717, 1.165) is 21.5 Å². The number of aromatic nitrogens is 2. The largest absolute Gasteiger partial charge is 0.381 e. The number of fused-ring (bicyclic) bond motifs is 1. The van der Waals surface area contributed by atoms with Crippen LogP contribution in [0.3, 0.4) is 0 Å². The molecule has 3 aromatic rings. The van der Waals surface area contributed by atoms with Crippen molar-refractivity contribution < 1.29 is 5.11 Å². The zero-order valence-electron chi connectivity index (χ0n) is 8.42. The molecule has 80 valence electrons. The van der Waals surface area contributed by atoms with E-state index < -0.39 is 6.10 Å². The van der Waals surface area contributed by atoms with Crippen LogP contribution in [0.25, 0.3) is 10.9 Å². The van der Waals surface area contributed by atoms with Gasteiger partial charge in [0, 0.05) is 10.3 Å². The molecule has 2 N–H and O–H groups in total. The fourth-order valence-electron chi connectivity index (χ4n) is 1.78. The van der Waals surface area contributed by atoms with Crippen LogP contribution in [0, 0.1) is 0 Å². The molecule has 1 atom stereocenters. The number of benzene rings is 1. The Bertz CT molecular complexity index is 600. The van der Waals surface area contributed by atoms with Crippen molar-refractivity contribution in [2.45, 2.75) is 6.10 Å². The number of para-hydroxylation sites is 1. The Balaban J connectivity index is 2.12. The minimum Gasteiger partial charge on any atom is -0.381 e. The van der Waals surface area contributed by atoms with Crippen LogP contribution in [-0.2, 0) is 0 Å². The normalized spacial score (nSPS) is 13.1. The fourth-order valence-corrected chi connectivity index (χ4v) is 2.50. The molecule has 0 radical (unpaired) electrons. The molecule has 0 aliphatic rings. The van der Waals surface area contributed by atoms with Crippen LogP contribution in [0.4, 0.5) is 0 Å². The van der Waals surface area contributed by atoms with Gasteiger partial charge in [-0.3, -0.25) is 5.10 Å². The van der Waals surface area contributed by atoms with Gasteiger partial charge in [-0.1, -0.05) is 24.3 Å². The van der Waals surface area contributed by atoms with Gasteiger partial charge in [0.05, 0.1) is 11.2 Å². The molecule has 1 aromatic carbocycles. The molecule has 2 aromatic heterocycles. The maximum absolute atomic E-state index is 10.2. The number of aliphatic hydroxyl groups excluding tert-OH is 1. The minimum atomic E-state index is -0.618. The summed E-state index contributed by atoms with van der Waals surface area (Å²) in [5.41, 5.74) is 1.64. The summed E-state index contributed by atoms with van der Waals surface area (Å²) < 4.78 is 0. The molecular formula is C12H10N2OS. The van der Waals surface area contributed by atoms with Crippen molar-refractivity contribution in [3.05, 3.63) is 52.3 Å². The van der Waals surface area contributed by atoms with Gasteiger partial charge in [0.25, 0.3) is 0 Å². The summed E-state index contributed by atoms with van der Waals surface area (Å²) in [7, 11) is 0. The molecule has 4 heteroatoms. The van der Waals surface area contributed by atoms with E-state index in [9.17, 15) is 5.11 Å². The number of hydrogen-bond acceptors (Lipinski definition) is 3. The second kappa shape index (κ2) is 3.73. The Labute approximate surface area is 96.4 Å². The van der Waals surface area contributed by atoms with Gasteiger partial charge < -0.3 is 5.11 Å². The first-order chi connectivity index (χ1) is 7.86. The Morgan fingerprint density at radius 3 is 2.88 bits per heavy atom. The number of aromatic amines is 1. The highest BCUT2D eigenvalue weighted by Gasteiger charge is 2.16. The Hall–Kier alpha value is -1.65. The summed E-state index contributed by atoms with van der Waals surface area (Å²) >= 11 is 1.54. The number of rotatable bonds is 2. The second-order valence-electron chi connectivity index (χ2n) is 3.57. The topological polar surface area (TPSA) is 48.9 Å². The first-order valence-corrected chi connectivity index (χ1v) is 5.88. The van der Waals surface area contributed by atoms with Crippen LogP contribution in [0.15, 0.2) is 41.8 Å². The van der Waals surface area contributed by atoms with E-state index in [4.69, 9.17) is 0 Å². The predicted octanol–water partition coefficient (Wildman–Crippen LogP) is 2.71. The molecule has 0 aliphatic carbocycles. The first kappa shape index (κ1) is 9.57. The van der Waals surface area contributed by atoms with Crippen LogP contribution in [0.1, 0.15) is 16.7 Å². The third-order valence-electron chi connectivity index (χ3n) is 2.58. The lowest BCUT2D eigenvalue weighted by atomic mass is 10.1. The lowest BCUT2D eigenvalue weighted by Crippen LogP contribution is -1.97. The van der Waals surface area contributed by atoms with Crippen molar-refractivity contribution in [3.8, 4) is 0 Å². The molecule has 0 fully saturated rings. The van der Waals surface area contributed by atoms with Crippen molar-refractivity contribution in [3.63, 3.8) is 0 Å². The van der Waals surface area contributed by atoms with Crippen LogP contribution < -0.4 is 0 Å². The zero-order valence-corrected chi connectivity index (χ0v) is 9.24. The smallest absolute Gasteiger partial charge is 0.130 e. The van der Waals surface area contributed by atoms with Gasteiger partial charge in [0.2, 0.25) is 0 Å². The minimum absolute atomic E-state index is 0.618. The molecule has 0 amide bonds. The molecule has 16 heavy (non-hydrogen) atoms. The van der Waals surface area contributed by atoms with Crippen LogP contribution in [-0.4, -0.2) is 15.3 Å². The fraction of sp³-hybridized carbons (Fsp3) is 0.0833. The maximum Gasteiger partial charge on any atom is 0.130 e. The molecule has 0 spiro atoms. The molecule has 3 rings (SSSR count). The second-order valence-corrected chi connectivity index (χ2v) is 4.55. The van der Waals surface area contributed by atoms with Gasteiger partial charge in [-0.25, -0.2) is 0 Å². The van der Waals surface area contributed by atoms with Gasteiger partial charge in [0.1, 0.15) is 6.10 Å². The SMILES string of the molecule is OC(c1cccs1)c1[nH]nc2ccccc12. The van der Waals surface area contributed by atoms with E-state index in [1.54, 1.807) is 11.3 Å². The quantitative estimate of drug-likeness (QED) is 0.711. The van der Waals surface area contributed by atoms with Crippen LogP contribution in [0.2, 0.25) is 0 Å². The van der Waals surface area contributed by atoms with E-state index in [1.165, 1.54) is 0 Å². The summed E-state index contributed by atoms with van der Waals surface area (Å²) in [6, 6.07) is 11.6. The third-order valence-corrected chi connectivity index (χ3v) is 3.50. The molecular weight excluding hydrogens is 220 g/mol. The van der Waals surface area contributed by atoms with Crippen molar-refractivity contribution in [1.82, 2.24) is 10.2 Å². The monoisotopic (exact) mass is 230 g/mol. The Morgan fingerprint density at radius 1 is 1.19 bits per heavy atom. The average Bonchev–Trinajstić information content (AvgIpc) is 2.98. The molecule has 0 saturated heterocycles. The predicted molar refractivity (Wildman–Crippen MR) is 64.5 cm³/mol. The maximum atomic E-state index is 10.2. The van der Waals surface area contributed by atoms with E-state index in [2.05, 4.69) is 10.2 Å². The summed E-state index contributed by atoms with van der Waals surface area (Å²) in [5.74, 6) is 0. The van der Waals surface area contributed by atoms with E-state index >= 15 is 0 Å². The van der Waals surface area contributed by atoms with Gasteiger partial charge in [-0.05, 0) is 17.5 Å². The van der Waals surface area contributed by atoms with Gasteiger partial charge >= 0.3 is 0 Å². The molecule has 0 bridgehead atoms. The van der Waals surface area contributed by atoms with Gasteiger partial charge in [-0.2, -0.15) is 5.10 Å². The van der Waals surface area contributed by atoms with Crippen molar-refractivity contribution in [2.24, 2.45) is 0 Å². The number of nitrogens with one attached hydrogen (secondary N) is 1. The van der Waals surface area contributed by atoms with E-state index in [-0.39, 0.29) is 0 Å². The van der Waals surface area contributed by atoms with Crippen LogP contribution >= 0.6 is 11.3 Å². The van der Waals surface area contributed by atoms with Gasteiger partial charge in [-0.15, -0.1) is 11.3 Å². The van der Waals surface area contributed by atoms with Crippen LogP contribution in [0.5, 0.6) is 0 Å². The number of hydrogen-bond donors (Lipinski definition) is 2. The van der Waals surface area contributed by atoms with Crippen molar-refractivity contribution in [2.75, 3.05) is 0 Å². The Morgan fingerprint density at radius 2 is 2.06 bits per heavy atom. The standard InChI is InChI=1S/C12H10N2OS/c15-12(10-6-3-7-16-10)11-8-4-1-2-5-9(8)13-14-11/h1-7,12,15H,(H,13,14). The highest BCUT2D eigenvalue weighted by Crippen LogP contribution is 2.29. The lowest BCUT2D eigenvalue weighted by molar-refractivity contribution is 0.220. The number of nitrogens with zero attached hydrogens (tertiary/aromatic N) is 1. The molecule has 0 aliphatic heterocycles. The van der Waals surface area contributed by atoms with Gasteiger partial charge in [0.15, 0.2) is 0 Å². The van der Waals surface area contributed by atoms with Crippen molar-refractivity contribution in [1.29, 1.82) is 0 Å².